The smallest absolute Gasteiger partial charge is 0.146 e. The Labute approximate surface area is 116 Å². The Morgan fingerprint density at radius 3 is 2.75 bits per heavy atom. The molecule has 0 aliphatic carbocycles. The van der Waals surface area contributed by atoms with Crippen molar-refractivity contribution in [3.63, 3.8) is 0 Å². The van der Waals surface area contributed by atoms with Crippen molar-refractivity contribution >= 4 is 16.7 Å². The molecule has 20 heavy (non-hydrogen) atoms. The van der Waals surface area contributed by atoms with E-state index in [1.54, 1.807) is 18.3 Å². The SMILES string of the molecule is Cc1ccc(F)c(NCc2cnc3ccccc3n2)c1. The van der Waals surface area contributed by atoms with E-state index in [9.17, 15) is 4.39 Å². The van der Waals surface area contributed by atoms with E-state index in [1.165, 1.54) is 6.07 Å². The fraction of sp³-hybridized carbons (Fsp3) is 0.125. The topological polar surface area (TPSA) is 37.8 Å². The van der Waals surface area contributed by atoms with Crippen LogP contribution in [-0.4, -0.2) is 9.97 Å². The molecule has 0 bridgehead atoms. The standard InChI is InChI=1S/C16H14FN3/c1-11-6-7-13(17)16(8-11)19-10-12-9-18-14-4-2-3-5-15(14)20-12/h2-9,19H,10H2,1H3. The third-order valence-corrected chi connectivity index (χ3v) is 3.08. The summed E-state index contributed by atoms with van der Waals surface area (Å²) in [6.07, 6.45) is 1.71. The van der Waals surface area contributed by atoms with E-state index in [0.29, 0.717) is 12.2 Å². The average molecular weight is 267 g/mol. The van der Waals surface area contributed by atoms with Crippen molar-refractivity contribution in [1.82, 2.24) is 9.97 Å². The summed E-state index contributed by atoms with van der Waals surface area (Å²) in [7, 11) is 0. The number of nitrogens with one attached hydrogen (secondary N) is 1. The van der Waals surface area contributed by atoms with Crippen molar-refractivity contribution in [1.29, 1.82) is 0 Å². The van der Waals surface area contributed by atoms with Crippen molar-refractivity contribution in [2.45, 2.75) is 13.5 Å². The Morgan fingerprint density at radius 1 is 1.10 bits per heavy atom. The molecule has 0 spiro atoms. The van der Waals surface area contributed by atoms with Gasteiger partial charge >= 0.3 is 0 Å². The predicted molar refractivity (Wildman–Crippen MR) is 78.0 cm³/mol. The minimum Gasteiger partial charge on any atom is -0.377 e. The zero-order valence-corrected chi connectivity index (χ0v) is 11.1. The van der Waals surface area contributed by atoms with Gasteiger partial charge in [0.25, 0.3) is 0 Å². The number of halogens is 1. The Morgan fingerprint density at radius 2 is 1.90 bits per heavy atom. The highest BCUT2D eigenvalue weighted by Gasteiger charge is 2.03. The van der Waals surface area contributed by atoms with Crippen molar-refractivity contribution < 1.29 is 4.39 Å². The zero-order valence-electron chi connectivity index (χ0n) is 11.1. The molecule has 3 aromatic rings. The molecule has 0 radical (unpaired) electrons. The third kappa shape index (κ3) is 2.59. The second kappa shape index (κ2) is 5.25. The molecule has 0 fully saturated rings. The summed E-state index contributed by atoms with van der Waals surface area (Å²) in [6, 6.07) is 12.7. The second-order valence-electron chi connectivity index (χ2n) is 4.69. The normalized spacial score (nSPS) is 10.7. The number of fused-ring (bicyclic) bond motifs is 1. The molecular weight excluding hydrogens is 253 g/mol. The summed E-state index contributed by atoms with van der Waals surface area (Å²) in [5.74, 6) is -0.260. The van der Waals surface area contributed by atoms with Gasteiger partial charge in [0.05, 0.1) is 35.2 Å². The Kier molecular flexibility index (Phi) is 3.29. The lowest BCUT2D eigenvalue weighted by Gasteiger charge is -2.08. The van der Waals surface area contributed by atoms with Crippen LogP contribution in [0.3, 0.4) is 0 Å². The molecule has 0 saturated heterocycles. The first-order valence-corrected chi connectivity index (χ1v) is 6.43. The molecule has 3 rings (SSSR count). The fourth-order valence-corrected chi connectivity index (χ4v) is 2.04. The van der Waals surface area contributed by atoms with Crippen LogP contribution < -0.4 is 5.32 Å². The van der Waals surface area contributed by atoms with E-state index in [-0.39, 0.29) is 5.82 Å². The summed E-state index contributed by atoms with van der Waals surface area (Å²) in [5.41, 5.74) is 3.98. The lowest BCUT2D eigenvalue weighted by molar-refractivity contribution is 0.629. The van der Waals surface area contributed by atoms with Crippen LogP contribution in [0.25, 0.3) is 11.0 Å². The van der Waals surface area contributed by atoms with Gasteiger partial charge in [-0.25, -0.2) is 9.37 Å². The highest BCUT2D eigenvalue weighted by atomic mass is 19.1. The van der Waals surface area contributed by atoms with Gasteiger partial charge in [-0.05, 0) is 36.8 Å². The predicted octanol–water partition coefficient (Wildman–Crippen LogP) is 3.69. The van der Waals surface area contributed by atoms with Crippen molar-refractivity contribution in [3.8, 4) is 0 Å². The number of anilines is 1. The summed E-state index contributed by atoms with van der Waals surface area (Å²) in [6.45, 7) is 2.37. The van der Waals surface area contributed by atoms with E-state index in [0.717, 1.165) is 22.3 Å². The van der Waals surface area contributed by atoms with E-state index in [1.807, 2.05) is 31.2 Å². The molecule has 3 nitrogen and oxygen atoms in total. The van der Waals surface area contributed by atoms with Gasteiger partial charge in [0.2, 0.25) is 0 Å². The maximum absolute atomic E-state index is 13.6. The summed E-state index contributed by atoms with van der Waals surface area (Å²) in [5, 5.41) is 3.06. The number of rotatable bonds is 3. The van der Waals surface area contributed by atoms with Crippen LogP contribution in [0.2, 0.25) is 0 Å². The van der Waals surface area contributed by atoms with Crippen molar-refractivity contribution in [3.05, 3.63) is 65.7 Å². The zero-order chi connectivity index (χ0) is 13.9. The Balaban J connectivity index is 1.81. The minimum absolute atomic E-state index is 0.260. The quantitative estimate of drug-likeness (QED) is 0.786. The third-order valence-electron chi connectivity index (χ3n) is 3.08. The highest BCUT2D eigenvalue weighted by molar-refractivity contribution is 5.73. The van der Waals surface area contributed by atoms with Crippen molar-refractivity contribution in [2.75, 3.05) is 5.32 Å². The molecule has 1 N–H and O–H groups in total. The molecule has 0 aliphatic heterocycles. The Hall–Kier alpha value is -2.49. The number of nitrogens with zero attached hydrogens (tertiary/aromatic N) is 2. The van der Waals surface area contributed by atoms with E-state index in [2.05, 4.69) is 15.3 Å². The first kappa shape index (κ1) is 12.5. The van der Waals surface area contributed by atoms with Gasteiger partial charge in [-0.15, -0.1) is 0 Å². The molecule has 0 unspecified atom stereocenters. The molecule has 0 aliphatic rings. The fourth-order valence-electron chi connectivity index (χ4n) is 2.04. The van der Waals surface area contributed by atoms with Gasteiger partial charge in [0, 0.05) is 0 Å². The molecule has 4 heteroatoms. The molecule has 0 amide bonds. The lowest BCUT2D eigenvalue weighted by atomic mass is 10.2. The van der Waals surface area contributed by atoms with E-state index in [4.69, 9.17) is 0 Å². The van der Waals surface area contributed by atoms with Gasteiger partial charge in [0.1, 0.15) is 5.82 Å². The lowest BCUT2D eigenvalue weighted by Crippen LogP contribution is -2.04. The second-order valence-corrected chi connectivity index (χ2v) is 4.69. The monoisotopic (exact) mass is 267 g/mol. The number of aromatic nitrogens is 2. The number of hydrogen-bond donors (Lipinski definition) is 1. The summed E-state index contributed by atoms with van der Waals surface area (Å²) >= 11 is 0. The maximum Gasteiger partial charge on any atom is 0.146 e. The molecule has 100 valence electrons. The maximum atomic E-state index is 13.6. The molecule has 0 atom stereocenters. The van der Waals surface area contributed by atoms with Crippen LogP contribution in [0.1, 0.15) is 11.3 Å². The Bertz CT molecular complexity index is 756. The molecule has 1 aromatic heterocycles. The number of aryl methyl sites for hydroxylation is 1. The summed E-state index contributed by atoms with van der Waals surface area (Å²) in [4.78, 5) is 8.83. The largest absolute Gasteiger partial charge is 0.377 e. The highest BCUT2D eigenvalue weighted by Crippen LogP contribution is 2.16. The van der Waals surface area contributed by atoms with Crippen LogP contribution in [-0.2, 0) is 6.54 Å². The van der Waals surface area contributed by atoms with E-state index >= 15 is 0 Å². The average Bonchev–Trinajstić information content (AvgIpc) is 2.48. The van der Waals surface area contributed by atoms with Gasteiger partial charge in [-0.3, -0.25) is 4.98 Å². The number of hydrogen-bond acceptors (Lipinski definition) is 3. The summed E-state index contributed by atoms with van der Waals surface area (Å²) < 4.78 is 13.6. The molecular formula is C16H14FN3. The van der Waals surface area contributed by atoms with Gasteiger partial charge < -0.3 is 5.32 Å². The number of benzene rings is 2. The first-order valence-electron chi connectivity index (χ1n) is 6.43. The van der Waals surface area contributed by atoms with Crippen LogP contribution in [0.4, 0.5) is 10.1 Å². The van der Waals surface area contributed by atoms with Crippen molar-refractivity contribution in [2.24, 2.45) is 0 Å². The van der Waals surface area contributed by atoms with Gasteiger partial charge in [-0.2, -0.15) is 0 Å². The van der Waals surface area contributed by atoms with Crippen LogP contribution in [0.5, 0.6) is 0 Å². The molecule has 0 saturated carbocycles. The molecule has 2 aromatic carbocycles. The van der Waals surface area contributed by atoms with E-state index < -0.39 is 0 Å². The van der Waals surface area contributed by atoms with Crippen LogP contribution >= 0.6 is 0 Å². The first-order chi connectivity index (χ1) is 9.72. The van der Waals surface area contributed by atoms with Gasteiger partial charge in [0.15, 0.2) is 0 Å². The van der Waals surface area contributed by atoms with Crippen LogP contribution in [0, 0.1) is 12.7 Å². The van der Waals surface area contributed by atoms with Crippen LogP contribution in [0.15, 0.2) is 48.7 Å². The number of para-hydroxylation sites is 2. The minimum atomic E-state index is -0.260. The van der Waals surface area contributed by atoms with Gasteiger partial charge in [-0.1, -0.05) is 18.2 Å². The molecule has 1 heterocycles.